The third-order valence-electron chi connectivity index (χ3n) is 3.60. The number of urea groups is 1. The Morgan fingerprint density at radius 2 is 2.24 bits per heavy atom. The number of carboxylic acids is 1. The van der Waals surface area contributed by atoms with Gasteiger partial charge >= 0.3 is 12.0 Å². The highest BCUT2D eigenvalue weighted by atomic mass is 35.5. The largest absolute Gasteiger partial charge is 0.481 e. The van der Waals surface area contributed by atoms with E-state index in [9.17, 15) is 14.4 Å². The van der Waals surface area contributed by atoms with Crippen molar-refractivity contribution in [3.63, 3.8) is 0 Å². The summed E-state index contributed by atoms with van der Waals surface area (Å²) in [5.74, 6) is -0.597. The van der Waals surface area contributed by atoms with Gasteiger partial charge in [0.2, 0.25) is 0 Å². The molecule has 0 radical (unpaired) electrons. The smallest absolute Gasteiger partial charge is 0.336 e. The summed E-state index contributed by atoms with van der Waals surface area (Å²) < 4.78 is 0. The Hall–Kier alpha value is -1.15. The molecule has 0 saturated carbocycles. The summed E-state index contributed by atoms with van der Waals surface area (Å²) in [6, 6.07) is -0.388. The minimum absolute atomic E-state index is 0.0163. The van der Waals surface area contributed by atoms with Crippen LogP contribution in [0, 0.1) is 0 Å². The highest BCUT2D eigenvalue weighted by Crippen LogP contribution is 2.36. The Morgan fingerprint density at radius 3 is 2.90 bits per heavy atom. The minimum atomic E-state index is -0.791. The van der Waals surface area contributed by atoms with Crippen molar-refractivity contribution in [3.8, 4) is 0 Å². The van der Waals surface area contributed by atoms with Crippen molar-refractivity contribution >= 4 is 41.3 Å². The van der Waals surface area contributed by atoms with E-state index in [0.29, 0.717) is 6.42 Å². The van der Waals surface area contributed by atoms with E-state index in [4.69, 9.17) is 16.7 Å². The van der Waals surface area contributed by atoms with Crippen LogP contribution in [0.1, 0.15) is 25.7 Å². The number of carboxylic acid groups (broad SMARTS) is 1. The zero-order valence-corrected chi connectivity index (χ0v) is 13.0. The molecular formula is C12H18ClN3O4S. The highest BCUT2D eigenvalue weighted by Gasteiger charge is 2.49. The number of nitrogens with one attached hydrogen (secondary N) is 2. The van der Waals surface area contributed by atoms with Gasteiger partial charge in [-0.05, 0) is 12.8 Å². The first-order valence-electron chi connectivity index (χ1n) is 6.81. The molecular weight excluding hydrogens is 318 g/mol. The fourth-order valence-electron chi connectivity index (χ4n) is 2.69. The van der Waals surface area contributed by atoms with Crippen LogP contribution in [0.25, 0.3) is 0 Å². The first kappa shape index (κ1) is 16.2. The number of hydrogen-bond acceptors (Lipinski definition) is 4. The van der Waals surface area contributed by atoms with Crippen molar-refractivity contribution in [1.82, 2.24) is 15.8 Å². The monoisotopic (exact) mass is 335 g/mol. The number of hydrogen-bond donors (Lipinski definition) is 3. The van der Waals surface area contributed by atoms with Gasteiger partial charge in [-0.3, -0.25) is 15.0 Å². The number of alkyl halides is 1. The summed E-state index contributed by atoms with van der Waals surface area (Å²) in [4.78, 5) is 33.8. The van der Waals surface area contributed by atoms with Crippen molar-refractivity contribution < 1.29 is 19.5 Å². The number of fused-ring (bicyclic) bond motifs is 1. The van der Waals surface area contributed by atoms with E-state index >= 15 is 0 Å². The van der Waals surface area contributed by atoms with Crippen LogP contribution in [0.3, 0.4) is 0 Å². The summed E-state index contributed by atoms with van der Waals surface area (Å²) in [6.07, 6.45) is 2.40. The Morgan fingerprint density at radius 1 is 1.48 bits per heavy atom. The van der Waals surface area contributed by atoms with Gasteiger partial charge in [0, 0.05) is 17.4 Å². The van der Waals surface area contributed by atoms with Gasteiger partial charge in [0.1, 0.15) is 5.88 Å². The van der Waals surface area contributed by atoms with E-state index in [1.165, 1.54) is 5.01 Å². The lowest BCUT2D eigenvalue weighted by Gasteiger charge is -2.27. The molecule has 9 heteroatoms. The van der Waals surface area contributed by atoms with Gasteiger partial charge in [0.25, 0.3) is 5.91 Å². The van der Waals surface area contributed by atoms with Crippen LogP contribution in [-0.2, 0) is 9.59 Å². The number of halogens is 1. The van der Waals surface area contributed by atoms with Gasteiger partial charge < -0.3 is 10.4 Å². The van der Waals surface area contributed by atoms with Crippen LogP contribution >= 0.6 is 23.4 Å². The number of carbonyl (C=O) groups is 3. The first-order chi connectivity index (χ1) is 10.0. The molecule has 0 unspecified atom stereocenters. The molecule has 2 fully saturated rings. The standard InChI is InChI=1S/C12H18ClN3O4S/c13-5-9(17)15-16-11-7(14-12(16)20)6-21-8(11)3-1-2-4-10(18)19/h7-8,11H,1-6H2,(H,14,20)(H,15,17)(H,18,19)/t7-,8-,11-/m0/s1. The number of hydrazine groups is 1. The van der Waals surface area contributed by atoms with Crippen LogP contribution in [0.15, 0.2) is 0 Å². The fraction of sp³-hybridized carbons (Fsp3) is 0.750. The molecule has 2 aliphatic heterocycles. The van der Waals surface area contributed by atoms with E-state index in [0.717, 1.165) is 18.6 Å². The zero-order valence-electron chi connectivity index (χ0n) is 11.4. The van der Waals surface area contributed by atoms with Crippen molar-refractivity contribution in [3.05, 3.63) is 0 Å². The van der Waals surface area contributed by atoms with E-state index in [-0.39, 0.29) is 35.7 Å². The van der Waals surface area contributed by atoms with Gasteiger partial charge in [-0.25, -0.2) is 9.80 Å². The molecule has 0 spiro atoms. The maximum atomic E-state index is 11.9. The second-order valence-corrected chi connectivity index (χ2v) is 6.64. The molecule has 0 aromatic rings. The summed E-state index contributed by atoms with van der Waals surface area (Å²) >= 11 is 7.20. The van der Waals surface area contributed by atoms with Crippen LogP contribution in [0.2, 0.25) is 0 Å². The van der Waals surface area contributed by atoms with Crippen molar-refractivity contribution in [2.24, 2.45) is 0 Å². The Bertz CT molecular complexity index is 437. The van der Waals surface area contributed by atoms with Crippen molar-refractivity contribution in [1.29, 1.82) is 0 Å². The molecule has 118 valence electrons. The fourth-order valence-corrected chi connectivity index (χ4v) is 4.32. The lowest BCUT2D eigenvalue weighted by Crippen LogP contribution is -2.51. The predicted octanol–water partition coefficient (Wildman–Crippen LogP) is 0.779. The summed E-state index contributed by atoms with van der Waals surface area (Å²) in [5, 5.41) is 13.0. The van der Waals surface area contributed by atoms with Crippen molar-refractivity contribution in [2.45, 2.75) is 43.0 Å². The second-order valence-electron chi connectivity index (χ2n) is 5.10. The highest BCUT2D eigenvalue weighted by molar-refractivity contribution is 8.00. The predicted molar refractivity (Wildman–Crippen MR) is 79.2 cm³/mol. The van der Waals surface area contributed by atoms with E-state index < -0.39 is 11.9 Å². The van der Waals surface area contributed by atoms with Gasteiger partial charge in [0.15, 0.2) is 0 Å². The van der Waals surface area contributed by atoms with Crippen LogP contribution in [0.5, 0.6) is 0 Å². The third-order valence-corrected chi connectivity index (χ3v) is 5.34. The number of unbranched alkanes of at least 4 members (excludes halogenated alkanes) is 1. The van der Waals surface area contributed by atoms with E-state index in [2.05, 4.69) is 10.7 Å². The second kappa shape index (κ2) is 7.22. The number of nitrogens with zero attached hydrogens (tertiary/aromatic N) is 1. The summed E-state index contributed by atoms with van der Waals surface area (Å²) in [6.45, 7) is 0. The lowest BCUT2D eigenvalue weighted by atomic mass is 10.0. The SMILES string of the molecule is O=C(O)CCCC[C@@H]1SC[C@@H]2NC(=O)N(NC(=O)CCl)[C@@H]21. The molecule has 3 atom stereocenters. The van der Waals surface area contributed by atoms with Gasteiger partial charge in [-0.2, -0.15) is 11.8 Å². The number of thioether (sulfide) groups is 1. The van der Waals surface area contributed by atoms with Gasteiger partial charge in [-0.15, -0.1) is 11.6 Å². The number of aliphatic carboxylic acids is 1. The number of rotatable bonds is 7. The average Bonchev–Trinajstić information content (AvgIpc) is 2.95. The molecule has 0 bridgehead atoms. The van der Waals surface area contributed by atoms with Crippen LogP contribution in [-0.4, -0.2) is 57.0 Å². The molecule has 21 heavy (non-hydrogen) atoms. The Balaban J connectivity index is 1.90. The number of amides is 3. The van der Waals surface area contributed by atoms with Crippen molar-refractivity contribution in [2.75, 3.05) is 11.6 Å². The van der Waals surface area contributed by atoms with Gasteiger partial charge in [0.05, 0.1) is 12.1 Å². The maximum absolute atomic E-state index is 11.9. The molecule has 2 saturated heterocycles. The molecule has 7 nitrogen and oxygen atoms in total. The molecule has 2 heterocycles. The third kappa shape index (κ3) is 3.94. The van der Waals surface area contributed by atoms with Crippen LogP contribution < -0.4 is 10.7 Å². The first-order valence-corrected chi connectivity index (χ1v) is 8.40. The number of carbonyl (C=O) groups excluding carboxylic acids is 2. The summed E-state index contributed by atoms with van der Waals surface area (Å²) in [7, 11) is 0. The van der Waals surface area contributed by atoms with Gasteiger partial charge in [-0.1, -0.05) is 6.42 Å². The molecule has 3 N–H and O–H groups in total. The molecule has 0 aromatic carbocycles. The van der Waals surface area contributed by atoms with Crippen LogP contribution in [0.4, 0.5) is 4.79 Å². The minimum Gasteiger partial charge on any atom is -0.481 e. The zero-order chi connectivity index (χ0) is 15.4. The van der Waals surface area contributed by atoms with E-state index in [1.807, 2.05) is 0 Å². The molecule has 2 rings (SSSR count). The lowest BCUT2D eigenvalue weighted by molar-refractivity contribution is -0.137. The normalized spacial score (nSPS) is 27.4. The quantitative estimate of drug-likeness (QED) is 0.363. The average molecular weight is 336 g/mol. The Labute approximate surface area is 131 Å². The Kier molecular flexibility index (Phi) is 5.58. The summed E-state index contributed by atoms with van der Waals surface area (Å²) in [5.41, 5.74) is 2.53. The maximum Gasteiger partial charge on any atom is 0.336 e. The molecule has 2 aliphatic rings. The molecule has 0 aromatic heterocycles. The molecule has 0 aliphatic carbocycles. The molecule has 3 amide bonds. The topological polar surface area (TPSA) is 98.7 Å². The van der Waals surface area contributed by atoms with E-state index in [1.54, 1.807) is 11.8 Å².